The van der Waals surface area contributed by atoms with E-state index >= 15 is 0 Å². The van der Waals surface area contributed by atoms with Crippen LogP contribution in [0.15, 0.2) is 39.6 Å². The quantitative estimate of drug-likeness (QED) is 0.888. The van der Waals surface area contributed by atoms with Crippen molar-refractivity contribution in [3.8, 4) is 0 Å². The van der Waals surface area contributed by atoms with E-state index < -0.39 is 0 Å². The van der Waals surface area contributed by atoms with Gasteiger partial charge in [-0.2, -0.15) is 0 Å². The summed E-state index contributed by atoms with van der Waals surface area (Å²) >= 11 is 3.18. The first kappa shape index (κ1) is 12.3. The van der Waals surface area contributed by atoms with E-state index in [1.54, 1.807) is 6.07 Å². The highest BCUT2D eigenvalue weighted by Crippen LogP contribution is 2.26. The lowest BCUT2D eigenvalue weighted by molar-refractivity contribution is 0.102. The standard InChI is InChI=1S/C14H13BrN2O2/c15-13-6-10(8-19-13)14(18)17-11-4-3-9-2-1-5-16-12(9)7-11/h3-4,6-8,16H,1-2,5H2,(H,17,18). The minimum Gasteiger partial charge on any atom is -0.457 e. The average molecular weight is 321 g/mol. The number of amides is 1. The summed E-state index contributed by atoms with van der Waals surface area (Å²) in [6.07, 6.45) is 3.67. The lowest BCUT2D eigenvalue weighted by Gasteiger charge is -2.18. The Hall–Kier alpha value is -1.75. The van der Waals surface area contributed by atoms with Crippen LogP contribution >= 0.6 is 15.9 Å². The van der Waals surface area contributed by atoms with Crippen LogP contribution in [-0.4, -0.2) is 12.5 Å². The molecule has 3 rings (SSSR count). The van der Waals surface area contributed by atoms with Crippen LogP contribution in [0.1, 0.15) is 22.3 Å². The zero-order chi connectivity index (χ0) is 13.2. The molecule has 1 aromatic heterocycles. The van der Waals surface area contributed by atoms with Gasteiger partial charge in [-0.3, -0.25) is 4.79 Å². The van der Waals surface area contributed by atoms with Gasteiger partial charge >= 0.3 is 0 Å². The predicted octanol–water partition coefficient (Wildman–Crippen LogP) is 3.65. The fraction of sp³-hybridized carbons (Fsp3) is 0.214. The van der Waals surface area contributed by atoms with Gasteiger partial charge in [0.1, 0.15) is 6.26 Å². The van der Waals surface area contributed by atoms with E-state index in [4.69, 9.17) is 4.42 Å². The molecular formula is C14H13BrN2O2. The summed E-state index contributed by atoms with van der Waals surface area (Å²) in [4.78, 5) is 12.0. The zero-order valence-electron chi connectivity index (χ0n) is 10.2. The first-order valence-electron chi connectivity index (χ1n) is 6.14. The molecule has 1 aliphatic heterocycles. The number of nitrogens with one attached hydrogen (secondary N) is 2. The normalized spacial score (nSPS) is 13.5. The number of benzene rings is 1. The molecule has 2 N–H and O–H groups in total. The van der Waals surface area contributed by atoms with Gasteiger partial charge in [0.15, 0.2) is 4.67 Å². The molecule has 2 aromatic rings. The number of furan rings is 1. The second-order valence-corrected chi connectivity index (χ2v) is 5.28. The Morgan fingerprint density at radius 2 is 2.26 bits per heavy atom. The van der Waals surface area contributed by atoms with Crippen molar-refractivity contribution in [1.29, 1.82) is 0 Å². The molecule has 0 fully saturated rings. The molecule has 4 nitrogen and oxygen atoms in total. The van der Waals surface area contributed by atoms with Gasteiger partial charge < -0.3 is 15.1 Å². The molecule has 0 atom stereocenters. The van der Waals surface area contributed by atoms with E-state index in [9.17, 15) is 4.79 Å². The molecule has 0 saturated heterocycles. The van der Waals surface area contributed by atoms with Crippen molar-refractivity contribution in [2.45, 2.75) is 12.8 Å². The zero-order valence-corrected chi connectivity index (χ0v) is 11.8. The van der Waals surface area contributed by atoms with Crippen LogP contribution in [0, 0.1) is 0 Å². The number of hydrogen-bond acceptors (Lipinski definition) is 3. The molecule has 0 aliphatic carbocycles. The van der Waals surface area contributed by atoms with Crippen LogP contribution in [0.25, 0.3) is 0 Å². The predicted molar refractivity (Wildman–Crippen MR) is 77.6 cm³/mol. The van der Waals surface area contributed by atoms with Crippen molar-refractivity contribution in [1.82, 2.24) is 0 Å². The molecule has 5 heteroatoms. The van der Waals surface area contributed by atoms with Crippen LogP contribution < -0.4 is 10.6 Å². The minimum atomic E-state index is -0.176. The molecule has 0 radical (unpaired) electrons. The van der Waals surface area contributed by atoms with Crippen LogP contribution in [0.2, 0.25) is 0 Å². The fourth-order valence-corrected chi connectivity index (χ4v) is 2.51. The smallest absolute Gasteiger partial charge is 0.258 e. The van der Waals surface area contributed by atoms with Gasteiger partial charge in [-0.05, 0) is 46.5 Å². The van der Waals surface area contributed by atoms with E-state index in [-0.39, 0.29) is 5.91 Å². The van der Waals surface area contributed by atoms with E-state index in [0.717, 1.165) is 30.8 Å². The number of halogens is 1. The number of fused-ring (bicyclic) bond motifs is 1. The molecular weight excluding hydrogens is 308 g/mol. The van der Waals surface area contributed by atoms with E-state index in [1.807, 2.05) is 12.1 Å². The van der Waals surface area contributed by atoms with Crippen molar-refractivity contribution < 1.29 is 9.21 Å². The van der Waals surface area contributed by atoms with Crippen molar-refractivity contribution >= 4 is 33.2 Å². The molecule has 2 heterocycles. The maximum absolute atomic E-state index is 12.0. The van der Waals surface area contributed by atoms with E-state index in [0.29, 0.717) is 10.2 Å². The third kappa shape index (κ3) is 2.66. The molecule has 1 aliphatic rings. The first-order valence-corrected chi connectivity index (χ1v) is 6.94. The SMILES string of the molecule is O=C(Nc1ccc2c(c1)NCCC2)c1coc(Br)c1. The third-order valence-electron chi connectivity index (χ3n) is 3.14. The highest BCUT2D eigenvalue weighted by atomic mass is 79.9. The summed E-state index contributed by atoms with van der Waals surface area (Å²) in [5.74, 6) is -0.176. The van der Waals surface area contributed by atoms with Crippen LogP contribution in [0.3, 0.4) is 0 Å². The summed E-state index contributed by atoms with van der Waals surface area (Å²) in [5.41, 5.74) is 3.70. The summed E-state index contributed by atoms with van der Waals surface area (Å²) in [6, 6.07) is 7.61. The van der Waals surface area contributed by atoms with Crippen molar-refractivity contribution in [3.63, 3.8) is 0 Å². The van der Waals surface area contributed by atoms with Crippen LogP contribution in [-0.2, 0) is 6.42 Å². The van der Waals surface area contributed by atoms with Gasteiger partial charge in [0, 0.05) is 24.0 Å². The largest absolute Gasteiger partial charge is 0.457 e. The van der Waals surface area contributed by atoms with Crippen molar-refractivity contribution in [3.05, 3.63) is 46.3 Å². The molecule has 19 heavy (non-hydrogen) atoms. The molecule has 98 valence electrons. The van der Waals surface area contributed by atoms with Gasteiger partial charge in [0.05, 0.1) is 5.56 Å². The third-order valence-corrected chi connectivity index (χ3v) is 3.55. The number of aryl methyl sites for hydroxylation is 1. The summed E-state index contributed by atoms with van der Waals surface area (Å²) in [6.45, 7) is 0.985. The summed E-state index contributed by atoms with van der Waals surface area (Å²) < 4.78 is 5.60. The molecule has 0 saturated carbocycles. The van der Waals surface area contributed by atoms with E-state index in [1.165, 1.54) is 11.8 Å². The van der Waals surface area contributed by atoms with E-state index in [2.05, 4.69) is 32.6 Å². The number of carbonyl (C=O) groups is 1. The first-order chi connectivity index (χ1) is 9.22. The molecule has 1 aromatic carbocycles. The summed E-state index contributed by atoms with van der Waals surface area (Å²) in [7, 11) is 0. The number of rotatable bonds is 2. The van der Waals surface area contributed by atoms with Gasteiger partial charge in [-0.1, -0.05) is 6.07 Å². The molecule has 0 unspecified atom stereocenters. The van der Waals surface area contributed by atoms with Gasteiger partial charge in [0.25, 0.3) is 5.91 Å². The molecule has 0 spiro atoms. The lowest BCUT2D eigenvalue weighted by atomic mass is 10.0. The number of anilines is 2. The van der Waals surface area contributed by atoms with Crippen LogP contribution in [0.4, 0.5) is 11.4 Å². The topological polar surface area (TPSA) is 54.3 Å². The van der Waals surface area contributed by atoms with Crippen molar-refractivity contribution in [2.75, 3.05) is 17.2 Å². The molecule has 1 amide bonds. The fourth-order valence-electron chi connectivity index (χ4n) is 2.17. The monoisotopic (exact) mass is 320 g/mol. The average Bonchev–Trinajstić information content (AvgIpc) is 2.85. The Balaban J connectivity index is 1.78. The Morgan fingerprint density at radius 1 is 1.37 bits per heavy atom. The highest BCUT2D eigenvalue weighted by molar-refractivity contribution is 9.10. The van der Waals surface area contributed by atoms with Crippen LogP contribution in [0.5, 0.6) is 0 Å². The second-order valence-electron chi connectivity index (χ2n) is 4.50. The lowest BCUT2D eigenvalue weighted by Crippen LogP contribution is -2.14. The maximum atomic E-state index is 12.0. The highest BCUT2D eigenvalue weighted by Gasteiger charge is 2.12. The van der Waals surface area contributed by atoms with Crippen molar-refractivity contribution in [2.24, 2.45) is 0 Å². The molecule has 0 bridgehead atoms. The minimum absolute atomic E-state index is 0.176. The van der Waals surface area contributed by atoms with Gasteiger partial charge in [-0.15, -0.1) is 0 Å². The van der Waals surface area contributed by atoms with Gasteiger partial charge in [-0.25, -0.2) is 0 Å². The Labute approximate surface area is 119 Å². The number of hydrogen-bond donors (Lipinski definition) is 2. The maximum Gasteiger partial charge on any atom is 0.258 e. The Kier molecular flexibility index (Phi) is 3.29. The van der Waals surface area contributed by atoms with Gasteiger partial charge in [0.2, 0.25) is 0 Å². The Morgan fingerprint density at radius 3 is 3.05 bits per heavy atom. The number of carbonyl (C=O) groups excluding carboxylic acids is 1. The second kappa shape index (κ2) is 5.09. The summed E-state index contributed by atoms with van der Waals surface area (Å²) in [5, 5.41) is 6.20. The Bertz CT molecular complexity index is 622.